The Morgan fingerprint density at radius 2 is 1.81 bits per heavy atom. The first-order chi connectivity index (χ1) is 15.4. The van der Waals surface area contributed by atoms with Crippen molar-refractivity contribution in [2.45, 2.75) is 19.9 Å². The summed E-state index contributed by atoms with van der Waals surface area (Å²) >= 11 is 5.73. The minimum absolute atomic E-state index is 0.142. The minimum Gasteiger partial charge on any atom is -0.493 e. The topological polar surface area (TPSA) is 69.3 Å². The van der Waals surface area contributed by atoms with Gasteiger partial charge in [0.2, 0.25) is 0 Å². The minimum atomic E-state index is -0.580. The number of methoxy groups -OCH3 is 3. The molecule has 1 N–H and O–H groups in total. The van der Waals surface area contributed by atoms with Gasteiger partial charge in [-0.3, -0.25) is 4.90 Å². The SMILES string of the molecule is COCCOC(=O)C1=C(C)N(c2cccc(C)c2)C(=S)NC1c1cccc(OC)c1OC. The lowest BCUT2D eigenvalue weighted by atomic mass is 9.93. The van der Waals surface area contributed by atoms with Gasteiger partial charge in [-0.05, 0) is 49.8 Å². The number of thiocarbonyl (C=S) groups is 1. The zero-order valence-electron chi connectivity index (χ0n) is 18.9. The molecule has 0 aliphatic carbocycles. The fourth-order valence-electron chi connectivity index (χ4n) is 3.75. The molecule has 1 heterocycles. The van der Waals surface area contributed by atoms with Gasteiger partial charge < -0.3 is 24.3 Å². The second kappa shape index (κ2) is 10.5. The maximum atomic E-state index is 13.3. The molecular weight excluding hydrogens is 428 g/mol. The van der Waals surface area contributed by atoms with Gasteiger partial charge in [-0.15, -0.1) is 0 Å². The average molecular weight is 457 g/mol. The largest absolute Gasteiger partial charge is 0.493 e. The Labute approximate surface area is 193 Å². The first-order valence-electron chi connectivity index (χ1n) is 10.2. The second-order valence-corrected chi connectivity index (χ2v) is 7.65. The predicted molar refractivity (Wildman–Crippen MR) is 127 cm³/mol. The summed E-state index contributed by atoms with van der Waals surface area (Å²) in [6.45, 7) is 4.32. The van der Waals surface area contributed by atoms with E-state index in [1.807, 2.05) is 55.1 Å². The molecule has 0 aromatic heterocycles. The number of benzene rings is 2. The number of nitrogens with one attached hydrogen (secondary N) is 1. The lowest BCUT2D eigenvalue weighted by Crippen LogP contribution is -2.48. The summed E-state index contributed by atoms with van der Waals surface area (Å²) in [5, 5.41) is 3.78. The third kappa shape index (κ3) is 4.71. The normalized spacial score (nSPS) is 16.0. The van der Waals surface area contributed by atoms with Crippen molar-refractivity contribution in [3.8, 4) is 11.5 Å². The van der Waals surface area contributed by atoms with Crippen molar-refractivity contribution in [3.63, 3.8) is 0 Å². The van der Waals surface area contributed by atoms with Crippen LogP contribution in [-0.4, -0.2) is 45.6 Å². The third-order valence-corrected chi connectivity index (χ3v) is 5.53. The van der Waals surface area contributed by atoms with Crippen LogP contribution in [0.1, 0.15) is 24.1 Å². The van der Waals surface area contributed by atoms with Gasteiger partial charge in [0.1, 0.15) is 6.61 Å². The average Bonchev–Trinajstić information content (AvgIpc) is 2.78. The third-order valence-electron chi connectivity index (χ3n) is 5.23. The summed E-state index contributed by atoms with van der Waals surface area (Å²) < 4.78 is 21.6. The van der Waals surface area contributed by atoms with Crippen molar-refractivity contribution in [2.75, 3.05) is 39.4 Å². The molecule has 0 spiro atoms. The van der Waals surface area contributed by atoms with E-state index in [9.17, 15) is 4.79 Å². The number of anilines is 1. The van der Waals surface area contributed by atoms with Gasteiger partial charge in [-0.1, -0.05) is 24.3 Å². The highest BCUT2D eigenvalue weighted by Crippen LogP contribution is 2.41. The van der Waals surface area contributed by atoms with Crippen LogP contribution in [0.25, 0.3) is 0 Å². The Morgan fingerprint density at radius 1 is 1.06 bits per heavy atom. The maximum Gasteiger partial charge on any atom is 0.338 e. The number of hydrogen-bond acceptors (Lipinski definition) is 6. The fourth-order valence-corrected chi connectivity index (χ4v) is 4.11. The first-order valence-corrected chi connectivity index (χ1v) is 10.6. The Hall–Kier alpha value is -3.10. The van der Waals surface area contributed by atoms with Crippen LogP contribution in [0, 0.1) is 6.92 Å². The number of hydrogen-bond donors (Lipinski definition) is 1. The van der Waals surface area contributed by atoms with Crippen molar-refractivity contribution in [1.29, 1.82) is 0 Å². The van der Waals surface area contributed by atoms with Gasteiger partial charge in [0, 0.05) is 24.1 Å². The van der Waals surface area contributed by atoms with E-state index in [2.05, 4.69) is 5.32 Å². The monoisotopic (exact) mass is 456 g/mol. The van der Waals surface area contributed by atoms with E-state index in [1.54, 1.807) is 27.4 Å². The molecule has 170 valence electrons. The van der Waals surface area contributed by atoms with Crippen LogP contribution in [0.2, 0.25) is 0 Å². The van der Waals surface area contributed by atoms with Crippen LogP contribution < -0.4 is 19.7 Å². The number of allylic oxidation sites excluding steroid dienone is 1. The van der Waals surface area contributed by atoms with Crippen LogP contribution in [0.3, 0.4) is 0 Å². The molecular formula is C24H28N2O5S. The van der Waals surface area contributed by atoms with Crippen molar-refractivity contribution in [2.24, 2.45) is 0 Å². The van der Waals surface area contributed by atoms with Gasteiger partial charge in [0.15, 0.2) is 16.6 Å². The molecule has 32 heavy (non-hydrogen) atoms. The highest BCUT2D eigenvalue weighted by atomic mass is 32.1. The van der Waals surface area contributed by atoms with Gasteiger partial charge in [0.25, 0.3) is 0 Å². The number of carbonyl (C=O) groups excluding carboxylic acids is 1. The lowest BCUT2D eigenvalue weighted by molar-refractivity contribution is -0.140. The molecule has 0 saturated heterocycles. The maximum absolute atomic E-state index is 13.3. The highest BCUT2D eigenvalue weighted by molar-refractivity contribution is 7.80. The highest BCUT2D eigenvalue weighted by Gasteiger charge is 2.37. The second-order valence-electron chi connectivity index (χ2n) is 7.27. The van der Waals surface area contributed by atoms with Crippen molar-refractivity contribution in [1.82, 2.24) is 5.32 Å². The van der Waals surface area contributed by atoms with E-state index in [4.69, 9.17) is 31.2 Å². The summed E-state index contributed by atoms with van der Waals surface area (Å²) in [5.74, 6) is 0.625. The molecule has 0 bridgehead atoms. The van der Waals surface area contributed by atoms with E-state index in [-0.39, 0.29) is 6.61 Å². The van der Waals surface area contributed by atoms with Gasteiger partial charge in [-0.25, -0.2) is 4.79 Å². The number of rotatable bonds is 8. The van der Waals surface area contributed by atoms with Crippen molar-refractivity contribution in [3.05, 3.63) is 64.9 Å². The summed E-state index contributed by atoms with van der Waals surface area (Å²) in [4.78, 5) is 15.1. The molecule has 0 amide bonds. The molecule has 1 unspecified atom stereocenters. The predicted octanol–water partition coefficient (Wildman–Crippen LogP) is 3.91. The molecule has 0 saturated carbocycles. The van der Waals surface area contributed by atoms with Crippen LogP contribution in [0.4, 0.5) is 5.69 Å². The molecule has 0 radical (unpaired) electrons. The number of aryl methyl sites for hydroxylation is 1. The number of nitrogens with zero attached hydrogens (tertiary/aromatic N) is 1. The van der Waals surface area contributed by atoms with Crippen LogP contribution in [0.5, 0.6) is 11.5 Å². The van der Waals surface area contributed by atoms with Crippen LogP contribution in [0.15, 0.2) is 53.7 Å². The van der Waals surface area contributed by atoms with E-state index in [0.717, 1.165) is 16.8 Å². The standard InChI is InChI=1S/C24H28N2O5S/c1-15-8-6-9-17(14-15)26-16(2)20(23(27)31-13-12-28-3)21(25-24(26)32)18-10-7-11-19(29-4)22(18)30-5/h6-11,14,21H,12-13H2,1-5H3,(H,25,32). The van der Waals surface area contributed by atoms with Crippen molar-refractivity contribution >= 4 is 29.0 Å². The molecule has 2 aromatic carbocycles. The first kappa shape index (κ1) is 23.6. The molecule has 1 aliphatic rings. The molecule has 7 nitrogen and oxygen atoms in total. The van der Waals surface area contributed by atoms with E-state index in [0.29, 0.717) is 34.5 Å². The molecule has 1 aliphatic heterocycles. The number of carbonyl (C=O) groups is 1. The van der Waals surface area contributed by atoms with E-state index >= 15 is 0 Å². The van der Waals surface area contributed by atoms with Crippen LogP contribution >= 0.6 is 12.2 Å². The number of para-hydroxylation sites is 1. The van der Waals surface area contributed by atoms with Gasteiger partial charge >= 0.3 is 5.97 Å². The Kier molecular flexibility index (Phi) is 7.71. The molecule has 3 rings (SSSR count). The summed E-state index contributed by atoms with van der Waals surface area (Å²) in [7, 11) is 4.69. The lowest BCUT2D eigenvalue weighted by Gasteiger charge is -2.38. The smallest absolute Gasteiger partial charge is 0.338 e. The molecule has 0 fully saturated rings. The van der Waals surface area contributed by atoms with E-state index in [1.165, 1.54) is 0 Å². The molecule has 2 aromatic rings. The summed E-state index contributed by atoms with van der Waals surface area (Å²) in [6, 6.07) is 12.9. The van der Waals surface area contributed by atoms with Gasteiger partial charge in [0.05, 0.1) is 32.4 Å². The van der Waals surface area contributed by atoms with Gasteiger partial charge in [-0.2, -0.15) is 0 Å². The molecule has 8 heteroatoms. The van der Waals surface area contributed by atoms with Crippen molar-refractivity contribution < 1.29 is 23.7 Å². The Balaban J connectivity index is 2.15. The Morgan fingerprint density at radius 3 is 2.47 bits per heavy atom. The van der Waals surface area contributed by atoms with E-state index < -0.39 is 12.0 Å². The zero-order chi connectivity index (χ0) is 23.3. The molecule has 1 atom stereocenters. The Bertz CT molecular complexity index is 1040. The zero-order valence-corrected chi connectivity index (χ0v) is 19.7. The quantitative estimate of drug-likeness (QED) is 0.364. The fraction of sp³-hybridized carbons (Fsp3) is 0.333. The number of esters is 1. The number of ether oxygens (including phenoxy) is 4. The summed E-state index contributed by atoms with van der Waals surface area (Å²) in [5.41, 5.74) is 3.77. The van der Waals surface area contributed by atoms with Crippen LogP contribution in [-0.2, 0) is 14.3 Å². The summed E-state index contributed by atoms with van der Waals surface area (Å²) in [6.07, 6.45) is 0.